The first-order valence-corrected chi connectivity index (χ1v) is 8.15. The van der Waals surface area contributed by atoms with Crippen LogP contribution in [-0.4, -0.2) is 23.0 Å². The lowest BCUT2D eigenvalue weighted by Gasteiger charge is -2.14. The quantitative estimate of drug-likeness (QED) is 0.691. The zero-order valence-corrected chi connectivity index (χ0v) is 13.6. The lowest BCUT2D eigenvalue weighted by atomic mass is 9.89. The molecule has 3 aromatic rings. The van der Waals surface area contributed by atoms with Crippen molar-refractivity contribution in [2.24, 2.45) is 0 Å². The molecule has 0 unspecified atom stereocenters. The molecule has 2 aliphatic heterocycles. The number of carbonyl (C=O) groups excluding carboxylic acids is 1. The Kier molecular flexibility index (Phi) is 3.11. The number of hydrogen-bond acceptors (Lipinski definition) is 6. The van der Waals surface area contributed by atoms with E-state index >= 15 is 0 Å². The van der Waals surface area contributed by atoms with Gasteiger partial charge < -0.3 is 24.4 Å². The number of ether oxygens (including phenoxy) is 3. The molecule has 0 amide bonds. The van der Waals surface area contributed by atoms with Crippen LogP contribution in [0.4, 0.5) is 0 Å². The molecule has 26 heavy (non-hydrogen) atoms. The summed E-state index contributed by atoms with van der Waals surface area (Å²) in [4.78, 5) is 12.4. The predicted molar refractivity (Wildman–Crippen MR) is 92.2 cm³/mol. The van der Waals surface area contributed by atoms with Gasteiger partial charge in [-0.1, -0.05) is 6.07 Å². The Balaban J connectivity index is 1.87. The van der Waals surface area contributed by atoms with Gasteiger partial charge in [0.25, 0.3) is 0 Å². The predicted octanol–water partition coefficient (Wildman–Crippen LogP) is 3.10. The number of aliphatic hydroxyl groups excluding tert-OH is 1. The molecule has 6 heteroatoms. The first kappa shape index (κ1) is 15.0. The fourth-order valence-corrected chi connectivity index (χ4v) is 3.58. The highest BCUT2D eigenvalue weighted by molar-refractivity contribution is 6.11. The van der Waals surface area contributed by atoms with Crippen LogP contribution in [0.3, 0.4) is 0 Å². The molecule has 6 nitrogen and oxygen atoms in total. The third kappa shape index (κ3) is 2.06. The van der Waals surface area contributed by atoms with Gasteiger partial charge in [0.05, 0.1) is 12.2 Å². The Hall–Kier alpha value is -3.25. The Morgan fingerprint density at radius 2 is 1.81 bits per heavy atom. The molecular formula is C20H14O6. The summed E-state index contributed by atoms with van der Waals surface area (Å²) in [5.41, 5.74) is 3.15. The number of rotatable bonds is 2. The van der Waals surface area contributed by atoms with Gasteiger partial charge >= 0.3 is 5.97 Å². The summed E-state index contributed by atoms with van der Waals surface area (Å²) in [6.45, 7) is 0.0606. The molecule has 0 saturated carbocycles. The second-order valence-electron chi connectivity index (χ2n) is 6.29. The van der Waals surface area contributed by atoms with Crippen LogP contribution in [0, 0.1) is 0 Å². The standard InChI is InChI=1S/C20H14O6/c21-7-12-4-14-11(5-15(12)22)3-13-8-24-20(23)19(13)18(14)10-1-2-16-17(6-10)26-9-25-16/h1-6,21-22H,7-9H2. The Labute approximate surface area is 148 Å². The highest BCUT2D eigenvalue weighted by Gasteiger charge is 2.29. The van der Waals surface area contributed by atoms with Gasteiger partial charge in [-0.25, -0.2) is 4.79 Å². The highest BCUT2D eigenvalue weighted by atomic mass is 16.7. The van der Waals surface area contributed by atoms with E-state index in [1.165, 1.54) is 0 Å². The van der Waals surface area contributed by atoms with Gasteiger partial charge in [-0.15, -0.1) is 0 Å². The largest absolute Gasteiger partial charge is 0.508 e. The van der Waals surface area contributed by atoms with Gasteiger partial charge in [0.1, 0.15) is 12.4 Å². The van der Waals surface area contributed by atoms with E-state index < -0.39 is 0 Å². The van der Waals surface area contributed by atoms with Gasteiger partial charge in [0.2, 0.25) is 6.79 Å². The average molecular weight is 350 g/mol. The number of hydrogen-bond donors (Lipinski definition) is 2. The zero-order valence-electron chi connectivity index (χ0n) is 13.6. The second kappa shape index (κ2) is 5.37. The van der Waals surface area contributed by atoms with Crippen molar-refractivity contribution in [3.63, 3.8) is 0 Å². The van der Waals surface area contributed by atoms with Crippen molar-refractivity contribution in [1.82, 2.24) is 0 Å². The van der Waals surface area contributed by atoms with E-state index in [0.29, 0.717) is 28.2 Å². The minimum Gasteiger partial charge on any atom is -0.508 e. The minimum atomic E-state index is -0.381. The van der Waals surface area contributed by atoms with Gasteiger partial charge in [-0.3, -0.25) is 0 Å². The number of fused-ring (bicyclic) bond motifs is 3. The van der Waals surface area contributed by atoms with Crippen molar-refractivity contribution < 1.29 is 29.2 Å². The number of aliphatic hydroxyl groups is 1. The maximum atomic E-state index is 12.4. The number of carbonyl (C=O) groups is 1. The molecule has 130 valence electrons. The molecule has 0 aliphatic carbocycles. The molecule has 5 rings (SSSR count). The Morgan fingerprint density at radius 3 is 2.65 bits per heavy atom. The number of esters is 1. The maximum absolute atomic E-state index is 12.4. The van der Waals surface area contributed by atoms with E-state index in [2.05, 4.69) is 0 Å². The van der Waals surface area contributed by atoms with E-state index in [-0.39, 0.29) is 31.7 Å². The molecule has 0 saturated heterocycles. The maximum Gasteiger partial charge on any atom is 0.339 e. The fraction of sp³-hybridized carbons (Fsp3) is 0.150. The lowest BCUT2D eigenvalue weighted by Crippen LogP contribution is -1.99. The molecule has 0 bridgehead atoms. The molecule has 0 aromatic heterocycles. The van der Waals surface area contributed by atoms with Crippen LogP contribution in [0.2, 0.25) is 0 Å². The van der Waals surface area contributed by atoms with Crippen molar-refractivity contribution in [3.05, 3.63) is 53.1 Å². The SMILES string of the molecule is O=C1OCc2cc3cc(O)c(CO)cc3c(-c3ccc4c(c3)OCO4)c21. The first-order valence-electron chi connectivity index (χ1n) is 8.15. The second-order valence-corrected chi connectivity index (χ2v) is 6.29. The van der Waals surface area contributed by atoms with Gasteiger partial charge in [0, 0.05) is 16.7 Å². The van der Waals surface area contributed by atoms with Gasteiger partial charge in [-0.2, -0.15) is 0 Å². The monoisotopic (exact) mass is 350 g/mol. The van der Waals surface area contributed by atoms with Crippen LogP contribution in [-0.2, 0) is 18.0 Å². The van der Waals surface area contributed by atoms with Crippen LogP contribution >= 0.6 is 0 Å². The lowest BCUT2D eigenvalue weighted by molar-refractivity contribution is 0.0535. The molecule has 0 fully saturated rings. The molecular weight excluding hydrogens is 336 g/mol. The number of cyclic esters (lactones) is 1. The molecule has 0 radical (unpaired) electrons. The van der Waals surface area contributed by atoms with E-state index in [0.717, 1.165) is 21.9 Å². The minimum absolute atomic E-state index is 0.0156. The summed E-state index contributed by atoms with van der Waals surface area (Å²) in [7, 11) is 0. The van der Waals surface area contributed by atoms with E-state index in [1.54, 1.807) is 18.2 Å². The first-order chi connectivity index (χ1) is 12.7. The fourth-order valence-electron chi connectivity index (χ4n) is 3.58. The van der Waals surface area contributed by atoms with Crippen LogP contribution in [0.1, 0.15) is 21.5 Å². The van der Waals surface area contributed by atoms with Crippen LogP contribution in [0.15, 0.2) is 36.4 Å². The van der Waals surface area contributed by atoms with Crippen molar-refractivity contribution in [3.8, 4) is 28.4 Å². The molecule has 0 spiro atoms. The van der Waals surface area contributed by atoms with Crippen molar-refractivity contribution >= 4 is 16.7 Å². The Bertz CT molecular complexity index is 1090. The van der Waals surface area contributed by atoms with Gasteiger partial charge in [0.15, 0.2) is 11.5 Å². The number of phenols is 1. The third-order valence-electron chi connectivity index (χ3n) is 4.82. The summed E-state index contributed by atoms with van der Waals surface area (Å²) in [6, 6.07) is 10.6. The summed E-state index contributed by atoms with van der Waals surface area (Å²) < 4.78 is 16.1. The van der Waals surface area contributed by atoms with Gasteiger partial charge in [-0.05, 0) is 46.7 Å². The van der Waals surface area contributed by atoms with E-state index in [9.17, 15) is 15.0 Å². The molecule has 0 atom stereocenters. The van der Waals surface area contributed by atoms with Crippen LogP contribution < -0.4 is 9.47 Å². The zero-order chi connectivity index (χ0) is 17.8. The molecule has 2 N–H and O–H groups in total. The summed E-state index contributed by atoms with van der Waals surface area (Å²) in [5, 5.41) is 21.1. The normalized spacial score (nSPS) is 14.6. The number of benzene rings is 3. The summed E-state index contributed by atoms with van der Waals surface area (Å²) in [6.07, 6.45) is 0. The van der Waals surface area contributed by atoms with Crippen molar-refractivity contribution in [1.29, 1.82) is 0 Å². The van der Waals surface area contributed by atoms with Crippen LogP contribution in [0.25, 0.3) is 21.9 Å². The summed E-state index contributed by atoms with van der Waals surface area (Å²) in [5.74, 6) is 0.901. The molecule has 2 aliphatic rings. The Morgan fingerprint density at radius 1 is 0.962 bits per heavy atom. The molecule has 3 aromatic carbocycles. The highest BCUT2D eigenvalue weighted by Crippen LogP contribution is 2.43. The smallest absolute Gasteiger partial charge is 0.339 e. The van der Waals surface area contributed by atoms with E-state index in [4.69, 9.17) is 14.2 Å². The average Bonchev–Trinajstić information content (AvgIpc) is 3.25. The van der Waals surface area contributed by atoms with Crippen molar-refractivity contribution in [2.75, 3.05) is 6.79 Å². The van der Waals surface area contributed by atoms with Crippen LogP contribution in [0.5, 0.6) is 17.2 Å². The van der Waals surface area contributed by atoms with Crippen molar-refractivity contribution in [2.45, 2.75) is 13.2 Å². The van der Waals surface area contributed by atoms with E-state index in [1.807, 2.05) is 18.2 Å². The summed E-state index contributed by atoms with van der Waals surface area (Å²) >= 11 is 0. The molecule has 2 heterocycles. The number of aromatic hydroxyl groups is 1. The topological polar surface area (TPSA) is 85.2 Å². The third-order valence-corrected chi connectivity index (χ3v) is 4.82.